The highest BCUT2D eigenvalue weighted by molar-refractivity contribution is 5.79. The van der Waals surface area contributed by atoms with Gasteiger partial charge in [-0.25, -0.2) is 0 Å². The van der Waals surface area contributed by atoms with E-state index in [1.54, 1.807) is 0 Å². The molecule has 0 saturated carbocycles. The van der Waals surface area contributed by atoms with Crippen molar-refractivity contribution in [1.82, 2.24) is 20.4 Å². The fourth-order valence-corrected chi connectivity index (χ4v) is 2.65. The third-order valence-corrected chi connectivity index (χ3v) is 4.45. The summed E-state index contributed by atoms with van der Waals surface area (Å²) in [7, 11) is 3.98. The van der Waals surface area contributed by atoms with Gasteiger partial charge in [0.05, 0.1) is 0 Å². The Kier molecular flexibility index (Phi) is 8.04. The quantitative estimate of drug-likeness (QED) is 0.550. The van der Waals surface area contributed by atoms with Crippen LogP contribution < -0.4 is 10.6 Å². The molecule has 0 radical (unpaired) electrons. The highest BCUT2D eigenvalue weighted by Crippen LogP contribution is 2.19. The normalized spacial score (nSPS) is 18.1. The fraction of sp³-hybridized carbons (Fsp3) is 0.938. The summed E-state index contributed by atoms with van der Waals surface area (Å²) in [6, 6.07) is 0. The molecule has 0 aliphatic carbocycles. The van der Waals surface area contributed by atoms with Crippen molar-refractivity contribution in [2.45, 2.75) is 45.6 Å². The SMILES string of the molecule is CCN(C)CCNC(=NC)NCC(C)(C)N1CCCCC1. The molecule has 1 saturated heterocycles. The van der Waals surface area contributed by atoms with Crippen molar-refractivity contribution in [3.8, 4) is 0 Å². The molecule has 0 spiro atoms. The Bertz CT molecular complexity index is 308. The van der Waals surface area contributed by atoms with Crippen LogP contribution in [-0.2, 0) is 0 Å². The van der Waals surface area contributed by atoms with Gasteiger partial charge in [0, 0.05) is 32.2 Å². The first-order chi connectivity index (χ1) is 9.99. The molecule has 1 aliphatic heterocycles. The molecule has 1 fully saturated rings. The molecule has 5 heteroatoms. The maximum atomic E-state index is 4.32. The highest BCUT2D eigenvalue weighted by Gasteiger charge is 2.27. The molecular weight excluding hydrogens is 262 g/mol. The molecule has 1 aliphatic rings. The maximum Gasteiger partial charge on any atom is 0.191 e. The predicted molar refractivity (Wildman–Crippen MR) is 92.0 cm³/mol. The lowest BCUT2D eigenvalue weighted by atomic mass is 9.98. The first-order valence-electron chi connectivity index (χ1n) is 8.37. The third kappa shape index (κ3) is 6.66. The highest BCUT2D eigenvalue weighted by atomic mass is 15.2. The number of guanidine groups is 1. The van der Waals surface area contributed by atoms with Crippen LogP contribution in [0.2, 0.25) is 0 Å². The largest absolute Gasteiger partial charge is 0.355 e. The third-order valence-electron chi connectivity index (χ3n) is 4.45. The average molecular weight is 297 g/mol. The van der Waals surface area contributed by atoms with E-state index in [0.717, 1.165) is 32.1 Å². The molecule has 0 amide bonds. The predicted octanol–water partition coefficient (Wildman–Crippen LogP) is 1.37. The van der Waals surface area contributed by atoms with E-state index in [1.165, 1.54) is 32.4 Å². The van der Waals surface area contributed by atoms with E-state index >= 15 is 0 Å². The lowest BCUT2D eigenvalue weighted by Gasteiger charge is -2.41. The van der Waals surface area contributed by atoms with Crippen LogP contribution in [0.5, 0.6) is 0 Å². The van der Waals surface area contributed by atoms with Gasteiger partial charge in [-0.3, -0.25) is 9.89 Å². The lowest BCUT2D eigenvalue weighted by molar-refractivity contribution is 0.0982. The molecule has 124 valence electrons. The van der Waals surface area contributed by atoms with E-state index in [1.807, 2.05) is 7.05 Å². The van der Waals surface area contributed by atoms with Crippen molar-refractivity contribution < 1.29 is 0 Å². The summed E-state index contributed by atoms with van der Waals surface area (Å²) < 4.78 is 0. The van der Waals surface area contributed by atoms with Crippen LogP contribution in [0.4, 0.5) is 0 Å². The topological polar surface area (TPSA) is 42.9 Å². The zero-order valence-electron chi connectivity index (χ0n) is 14.7. The number of rotatable bonds is 7. The molecule has 0 aromatic carbocycles. The molecule has 0 atom stereocenters. The van der Waals surface area contributed by atoms with Crippen molar-refractivity contribution in [2.24, 2.45) is 4.99 Å². The summed E-state index contributed by atoms with van der Waals surface area (Å²) in [6.45, 7) is 13.2. The van der Waals surface area contributed by atoms with Gasteiger partial charge in [0.2, 0.25) is 0 Å². The minimum atomic E-state index is 0.179. The zero-order valence-corrected chi connectivity index (χ0v) is 14.7. The summed E-state index contributed by atoms with van der Waals surface area (Å²) in [5, 5.41) is 6.87. The minimum absolute atomic E-state index is 0.179. The average Bonchev–Trinajstić information content (AvgIpc) is 2.51. The Morgan fingerprint density at radius 2 is 1.86 bits per heavy atom. The van der Waals surface area contributed by atoms with E-state index in [4.69, 9.17) is 0 Å². The molecular formula is C16H35N5. The van der Waals surface area contributed by atoms with Crippen LogP contribution >= 0.6 is 0 Å². The van der Waals surface area contributed by atoms with Gasteiger partial charge in [-0.2, -0.15) is 0 Å². The Morgan fingerprint density at radius 1 is 1.19 bits per heavy atom. The van der Waals surface area contributed by atoms with Crippen molar-refractivity contribution in [3.63, 3.8) is 0 Å². The van der Waals surface area contributed by atoms with E-state index in [-0.39, 0.29) is 5.54 Å². The van der Waals surface area contributed by atoms with Crippen molar-refractivity contribution >= 4 is 5.96 Å². The summed E-state index contributed by atoms with van der Waals surface area (Å²) in [4.78, 5) is 9.20. The number of hydrogen-bond donors (Lipinski definition) is 2. The molecule has 0 aromatic heterocycles. The van der Waals surface area contributed by atoms with Gasteiger partial charge in [-0.15, -0.1) is 0 Å². The van der Waals surface area contributed by atoms with Gasteiger partial charge in [-0.1, -0.05) is 13.3 Å². The van der Waals surface area contributed by atoms with Gasteiger partial charge in [0.1, 0.15) is 0 Å². The lowest BCUT2D eigenvalue weighted by Crippen LogP contribution is -2.55. The molecule has 5 nitrogen and oxygen atoms in total. The number of aliphatic imine (C=N–C) groups is 1. The Morgan fingerprint density at radius 3 is 2.43 bits per heavy atom. The van der Waals surface area contributed by atoms with E-state index in [9.17, 15) is 0 Å². The number of likely N-dealkylation sites (tertiary alicyclic amines) is 1. The molecule has 21 heavy (non-hydrogen) atoms. The second kappa shape index (κ2) is 9.26. The molecule has 0 bridgehead atoms. The van der Waals surface area contributed by atoms with E-state index in [0.29, 0.717) is 0 Å². The second-order valence-electron chi connectivity index (χ2n) is 6.61. The van der Waals surface area contributed by atoms with Crippen LogP contribution in [0.1, 0.15) is 40.0 Å². The first-order valence-corrected chi connectivity index (χ1v) is 8.37. The Balaban J connectivity index is 2.32. The first kappa shape index (κ1) is 18.2. The molecule has 2 N–H and O–H groups in total. The van der Waals surface area contributed by atoms with Gasteiger partial charge in [0.25, 0.3) is 0 Å². The Hall–Kier alpha value is -0.810. The van der Waals surface area contributed by atoms with E-state index < -0.39 is 0 Å². The molecule has 1 heterocycles. The zero-order chi connectivity index (χ0) is 15.7. The number of likely N-dealkylation sites (N-methyl/N-ethyl adjacent to an activating group) is 1. The molecule has 0 aromatic rings. The van der Waals surface area contributed by atoms with Gasteiger partial charge in [-0.05, 0) is 53.4 Å². The van der Waals surface area contributed by atoms with Gasteiger partial charge in [0.15, 0.2) is 5.96 Å². The smallest absolute Gasteiger partial charge is 0.191 e. The van der Waals surface area contributed by atoms with Crippen molar-refractivity contribution in [2.75, 3.05) is 53.4 Å². The number of nitrogens with one attached hydrogen (secondary N) is 2. The summed E-state index contributed by atoms with van der Waals surface area (Å²) in [5.41, 5.74) is 0.179. The van der Waals surface area contributed by atoms with Crippen LogP contribution in [0.15, 0.2) is 4.99 Å². The number of hydrogen-bond acceptors (Lipinski definition) is 3. The Labute approximate surface area is 131 Å². The molecule has 0 unspecified atom stereocenters. The van der Waals surface area contributed by atoms with E-state index in [2.05, 4.69) is 53.2 Å². The maximum absolute atomic E-state index is 4.32. The van der Waals surface area contributed by atoms with Crippen LogP contribution in [0.3, 0.4) is 0 Å². The number of nitrogens with zero attached hydrogens (tertiary/aromatic N) is 3. The fourth-order valence-electron chi connectivity index (χ4n) is 2.65. The standard InChI is InChI=1S/C16H35N5/c1-6-20(5)13-10-18-15(17-4)19-14-16(2,3)21-11-8-7-9-12-21/h6-14H2,1-5H3,(H2,17,18,19). The summed E-state index contributed by atoms with van der Waals surface area (Å²) in [5.74, 6) is 0.907. The van der Waals surface area contributed by atoms with Crippen LogP contribution in [0, 0.1) is 0 Å². The van der Waals surface area contributed by atoms with Gasteiger partial charge >= 0.3 is 0 Å². The number of piperidine rings is 1. The summed E-state index contributed by atoms with van der Waals surface area (Å²) in [6.07, 6.45) is 4.05. The van der Waals surface area contributed by atoms with Crippen LogP contribution in [0.25, 0.3) is 0 Å². The minimum Gasteiger partial charge on any atom is -0.355 e. The van der Waals surface area contributed by atoms with Gasteiger partial charge < -0.3 is 15.5 Å². The second-order valence-corrected chi connectivity index (χ2v) is 6.61. The van der Waals surface area contributed by atoms with Crippen molar-refractivity contribution in [1.29, 1.82) is 0 Å². The molecule has 1 rings (SSSR count). The monoisotopic (exact) mass is 297 g/mol. The van der Waals surface area contributed by atoms with Crippen LogP contribution in [-0.4, -0.2) is 74.7 Å². The summed E-state index contributed by atoms with van der Waals surface area (Å²) >= 11 is 0. The van der Waals surface area contributed by atoms with Crippen molar-refractivity contribution in [3.05, 3.63) is 0 Å².